The first-order valence-corrected chi connectivity index (χ1v) is 11.3. The summed E-state index contributed by atoms with van der Waals surface area (Å²) in [6.07, 6.45) is -1.12. The standard InChI is InChI=1S/C22H20Cl2N2O4S/c1-13-19(14(2)30-26-13)11-31-12-20(27)29-21(15-6-4-3-5-7-15)22(28)25-18-9-16(23)8-17(24)10-18/h3-10,21H,11-12H2,1-2H3,(H,25,28). The number of amides is 1. The van der Waals surface area contributed by atoms with Crippen molar-refractivity contribution in [3.63, 3.8) is 0 Å². The van der Waals surface area contributed by atoms with Crippen molar-refractivity contribution in [3.05, 3.63) is 81.2 Å². The Morgan fingerprint density at radius 3 is 2.42 bits per heavy atom. The van der Waals surface area contributed by atoms with Crippen LogP contribution in [0.5, 0.6) is 0 Å². The zero-order valence-corrected chi connectivity index (χ0v) is 19.2. The van der Waals surface area contributed by atoms with Gasteiger partial charge in [0.1, 0.15) is 5.76 Å². The summed E-state index contributed by atoms with van der Waals surface area (Å²) < 4.78 is 10.7. The number of anilines is 1. The topological polar surface area (TPSA) is 81.4 Å². The highest BCUT2D eigenvalue weighted by atomic mass is 35.5. The Labute approximate surface area is 194 Å². The highest BCUT2D eigenvalue weighted by Gasteiger charge is 2.25. The molecule has 0 aliphatic heterocycles. The molecule has 0 saturated heterocycles. The van der Waals surface area contributed by atoms with Crippen LogP contribution in [0.2, 0.25) is 10.0 Å². The molecular weight excluding hydrogens is 459 g/mol. The number of halogens is 2. The lowest BCUT2D eigenvalue weighted by Gasteiger charge is -2.18. The Morgan fingerprint density at radius 2 is 1.81 bits per heavy atom. The Morgan fingerprint density at radius 1 is 1.13 bits per heavy atom. The largest absolute Gasteiger partial charge is 0.447 e. The fraction of sp³-hybridized carbons (Fsp3) is 0.227. The molecule has 1 atom stereocenters. The molecule has 3 rings (SSSR count). The van der Waals surface area contributed by atoms with Gasteiger partial charge in [-0.25, -0.2) is 0 Å². The van der Waals surface area contributed by atoms with E-state index in [2.05, 4.69) is 10.5 Å². The number of nitrogens with zero attached hydrogens (tertiary/aromatic N) is 1. The Hall–Kier alpha value is -2.48. The van der Waals surface area contributed by atoms with E-state index in [1.54, 1.807) is 42.5 Å². The smallest absolute Gasteiger partial charge is 0.317 e. The van der Waals surface area contributed by atoms with Gasteiger partial charge in [-0.15, -0.1) is 11.8 Å². The van der Waals surface area contributed by atoms with Gasteiger partial charge in [0.2, 0.25) is 6.10 Å². The molecule has 0 spiro atoms. The molecule has 0 fully saturated rings. The SMILES string of the molecule is Cc1noc(C)c1CSCC(=O)OC(C(=O)Nc1cc(Cl)cc(Cl)c1)c1ccccc1. The molecule has 9 heteroatoms. The summed E-state index contributed by atoms with van der Waals surface area (Å²) in [5, 5.41) is 7.37. The number of carbonyl (C=O) groups excluding carboxylic acids is 2. The molecule has 1 heterocycles. The molecule has 0 bridgehead atoms. The van der Waals surface area contributed by atoms with Gasteiger partial charge in [-0.1, -0.05) is 58.7 Å². The molecule has 1 unspecified atom stereocenters. The van der Waals surface area contributed by atoms with Gasteiger partial charge in [0.25, 0.3) is 5.91 Å². The zero-order valence-electron chi connectivity index (χ0n) is 16.9. The molecule has 1 N–H and O–H groups in total. The molecule has 31 heavy (non-hydrogen) atoms. The summed E-state index contributed by atoms with van der Waals surface area (Å²) in [5.74, 6) is 0.335. The van der Waals surface area contributed by atoms with Crippen LogP contribution < -0.4 is 5.32 Å². The number of hydrogen-bond acceptors (Lipinski definition) is 6. The van der Waals surface area contributed by atoms with Gasteiger partial charge in [0.05, 0.1) is 11.4 Å². The van der Waals surface area contributed by atoms with Crippen LogP contribution in [0.3, 0.4) is 0 Å². The minimum atomic E-state index is -1.12. The number of carbonyl (C=O) groups is 2. The van der Waals surface area contributed by atoms with Crippen LogP contribution in [0, 0.1) is 13.8 Å². The van der Waals surface area contributed by atoms with Crippen molar-refractivity contribution in [1.82, 2.24) is 5.16 Å². The fourth-order valence-corrected chi connectivity index (χ4v) is 4.32. The second-order valence-corrected chi connectivity index (χ2v) is 8.58. The van der Waals surface area contributed by atoms with E-state index in [1.165, 1.54) is 11.8 Å². The normalized spacial score (nSPS) is 11.7. The molecule has 1 aromatic heterocycles. The van der Waals surface area contributed by atoms with Crippen LogP contribution in [0.1, 0.15) is 28.7 Å². The maximum atomic E-state index is 12.9. The van der Waals surface area contributed by atoms with Crippen molar-refractivity contribution in [2.24, 2.45) is 0 Å². The summed E-state index contributed by atoms with van der Waals surface area (Å²) in [7, 11) is 0. The van der Waals surface area contributed by atoms with E-state index < -0.39 is 18.0 Å². The van der Waals surface area contributed by atoms with E-state index in [0.29, 0.717) is 27.0 Å². The summed E-state index contributed by atoms with van der Waals surface area (Å²) in [6, 6.07) is 13.5. The first-order chi connectivity index (χ1) is 14.8. The zero-order chi connectivity index (χ0) is 22.4. The van der Waals surface area contributed by atoms with E-state index in [-0.39, 0.29) is 5.75 Å². The molecule has 1 amide bonds. The second-order valence-electron chi connectivity index (χ2n) is 6.72. The van der Waals surface area contributed by atoms with Crippen LogP contribution in [0.4, 0.5) is 5.69 Å². The number of rotatable bonds is 8. The van der Waals surface area contributed by atoms with Crippen molar-refractivity contribution in [3.8, 4) is 0 Å². The number of aryl methyl sites for hydroxylation is 2. The second kappa shape index (κ2) is 10.7. The Bertz CT molecular complexity index is 1030. The summed E-state index contributed by atoms with van der Waals surface area (Å²) in [6.45, 7) is 3.68. The maximum Gasteiger partial charge on any atom is 0.317 e. The van der Waals surface area contributed by atoms with E-state index >= 15 is 0 Å². The van der Waals surface area contributed by atoms with E-state index in [4.69, 9.17) is 32.5 Å². The Balaban J connectivity index is 1.67. The quantitative estimate of drug-likeness (QED) is 0.414. The van der Waals surface area contributed by atoms with Crippen molar-refractivity contribution >= 4 is 52.5 Å². The lowest BCUT2D eigenvalue weighted by atomic mass is 10.1. The molecular formula is C22H20Cl2N2O4S. The summed E-state index contributed by atoms with van der Waals surface area (Å²) in [4.78, 5) is 25.4. The van der Waals surface area contributed by atoms with Crippen molar-refractivity contribution in [2.75, 3.05) is 11.1 Å². The van der Waals surface area contributed by atoms with Gasteiger partial charge in [-0.2, -0.15) is 0 Å². The van der Waals surface area contributed by atoms with Crippen LogP contribution in [-0.4, -0.2) is 22.8 Å². The third-order valence-electron chi connectivity index (χ3n) is 4.37. The molecule has 2 aromatic carbocycles. The van der Waals surface area contributed by atoms with Gasteiger partial charge >= 0.3 is 5.97 Å². The van der Waals surface area contributed by atoms with Gasteiger partial charge in [0.15, 0.2) is 0 Å². The van der Waals surface area contributed by atoms with Gasteiger partial charge in [-0.3, -0.25) is 9.59 Å². The van der Waals surface area contributed by atoms with E-state index in [9.17, 15) is 9.59 Å². The number of ether oxygens (including phenoxy) is 1. The highest BCUT2D eigenvalue weighted by Crippen LogP contribution is 2.26. The third-order valence-corrected chi connectivity index (χ3v) is 5.74. The number of aromatic nitrogens is 1. The first kappa shape index (κ1) is 23.2. The van der Waals surface area contributed by atoms with Crippen molar-refractivity contribution in [2.45, 2.75) is 25.7 Å². The number of nitrogens with one attached hydrogen (secondary N) is 1. The lowest BCUT2D eigenvalue weighted by Crippen LogP contribution is -2.26. The minimum Gasteiger partial charge on any atom is -0.447 e. The number of hydrogen-bond donors (Lipinski definition) is 1. The molecule has 0 saturated carbocycles. The average molecular weight is 479 g/mol. The van der Waals surface area contributed by atoms with Crippen molar-refractivity contribution < 1.29 is 18.8 Å². The lowest BCUT2D eigenvalue weighted by molar-refractivity contribution is -0.152. The van der Waals surface area contributed by atoms with Crippen LogP contribution in [-0.2, 0) is 20.1 Å². The monoisotopic (exact) mass is 478 g/mol. The summed E-state index contributed by atoms with van der Waals surface area (Å²) in [5.41, 5.74) is 2.71. The molecule has 0 aliphatic carbocycles. The van der Waals surface area contributed by atoms with Gasteiger partial charge in [-0.05, 0) is 32.0 Å². The number of thioether (sulfide) groups is 1. The first-order valence-electron chi connectivity index (χ1n) is 9.34. The van der Waals surface area contributed by atoms with E-state index in [1.807, 2.05) is 19.9 Å². The van der Waals surface area contributed by atoms with Crippen LogP contribution in [0.25, 0.3) is 0 Å². The predicted molar refractivity (Wildman–Crippen MR) is 123 cm³/mol. The highest BCUT2D eigenvalue weighted by molar-refractivity contribution is 7.99. The van der Waals surface area contributed by atoms with Crippen molar-refractivity contribution in [1.29, 1.82) is 0 Å². The number of benzene rings is 2. The third kappa shape index (κ3) is 6.50. The van der Waals surface area contributed by atoms with Crippen LogP contribution in [0.15, 0.2) is 53.1 Å². The molecule has 162 valence electrons. The van der Waals surface area contributed by atoms with E-state index in [0.717, 1.165) is 17.0 Å². The molecule has 0 aliphatic rings. The van der Waals surface area contributed by atoms with Gasteiger partial charge < -0.3 is 14.6 Å². The molecule has 3 aromatic rings. The van der Waals surface area contributed by atoms with Gasteiger partial charge in [0, 0.05) is 32.6 Å². The maximum absolute atomic E-state index is 12.9. The Kier molecular flexibility index (Phi) is 8.01. The van der Waals surface area contributed by atoms with Crippen LogP contribution >= 0.6 is 35.0 Å². The molecule has 6 nitrogen and oxygen atoms in total. The summed E-state index contributed by atoms with van der Waals surface area (Å²) >= 11 is 13.4. The number of esters is 1. The average Bonchev–Trinajstić information content (AvgIpc) is 3.04. The predicted octanol–water partition coefficient (Wildman–Crippen LogP) is 5.75. The fourth-order valence-electron chi connectivity index (χ4n) is 2.84. The molecule has 0 radical (unpaired) electrons. The minimum absolute atomic E-state index is 0.0731.